The number of anilines is 1. The molecule has 0 spiro atoms. The van der Waals surface area contributed by atoms with Crippen LogP contribution in [0.5, 0.6) is 0 Å². The van der Waals surface area contributed by atoms with E-state index in [9.17, 15) is 13.2 Å². The minimum absolute atomic E-state index is 0.196. The van der Waals surface area contributed by atoms with E-state index in [1.54, 1.807) is 12.3 Å². The Morgan fingerprint density at radius 3 is 2.73 bits per heavy atom. The summed E-state index contributed by atoms with van der Waals surface area (Å²) in [7, 11) is -2.92. The number of piperidine rings is 1. The van der Waals surface area contributed by atoms with Crippen LogP contribution in [0.25, 0.3) is 0 Å². The third kappa shape index (κ3) is 4.96. The molecule has 1 aliphatic heterocycles. The van der Waals surface area contributed by atoms with Gasteiger partial charge in [0.05, 0.1) is 17.0 Å². The van der Waals surface area contributed by atoms with Crippen molar-refractivity contribution in [3.63, 3.8) is 0 Å². The van der Waals surface area contributed by atoms with Crippen molar-refractivity contribution >= 4 is 21.4 Å². The van der Waals surface area contributed by atoms with Crippen LogP contribution in [0.3, 0.4) is 0 Å². The maximum absolute atomic E-state index is 11.4. The lowest BCUT2D eigenvalue weighted by Crippen LogP contribution is -2.41. The third-order valence-corrected chi connectivity index (χ3v) is 4.74. The molecular weight excluding hydrogens is 304 g/mol. The molecule has 22 heavy (non-hydrogen) atoms. The number of primary amides is 1. The van der Waals surface area contributed by atoms with Crippen LogP contribution in [-0.4, -0.2) is 61.9 Å². The van der Waals surface area contributed by atoms with Gasteiger partial charge in [0.25, 0.3) is 5.91 Å². The van der Waals surface area contributed by atoms with E-state index in [1.807, 2.05) is 0 Å². The van der Waals surface area contributed by atoms with Crippen LogP contribution in [0.15, 0.2) is 18.5 Å². The fraction of sp³-hybridized carbons (Fsp3) is 0.571. The van der Waals surface area contributed by atoms with Crippen LogP contribution in [-0.2, 0) is 9.84 Å². The number of pyridine rings is 1. The van der Waals surface area contributed by atoms with Crippen molar-refractivity contribution in [1.29, 1.82) is 0 Å². The number of likely N-dealkylation sites (tertiary alicyclic amines) is 1. The highest BCUT2D eigenvalue weighted by Crippen LogP contribution is 2.19. The SMILES string of the molecule is CS(=O)(=O)CCN1CCC(Nc2ccncc2C(N)=O)CC1. The molecule has 1 fully saturated rings. The predicted molar refractivity (Wildman–Crippen MR) is 85.6 cm³/mol. The zero-order valence-corrected chi connectivity index (χ0v) is 13.5. The van der Waals surface area contributed by atoms with E-state index in [2.05, 4.69) is 15.2 Å². The van der Waals surface area contributed by atoms with Crippen molar-refractivity contribution in [1.82, 2.24) is 9.88 Å². The van der Waals surface area contributed by atoms with Gasteiger partial charge in [-0.3, -0.25) is 9.78 Å². The molecule has 0 aromatic carbocycles. The van der Waals surface area contributed by atoms with Crippen molar-refractivity contribution in [3.8, 4) is 0 Å². The second kappa shape index (κ2) is 7.06. The van der Waals surface area contributed by atoms with Gasteiger partial charge in [0.1, 0.15) is 9.84 Å². The quantitative estimate of drug-likeness (QED) is 0.768. The van der Waals surface area contributed by atoms with Gasteiger partial charge < -0.3 is 16.0 Å². The summed E-state index contributed by atoms with van der Waals surface area (Å²) in [6, 6.07) is 1.99. The molecule has 122 valence electrons. The fourth-order valence-corrected chi connectivity index (χ4v) is 3.12. The van der Waals surface area contributed by atoms with Crippen LogP contribution < -0.4 is 11.1 Å². The van der Waals surface area contributed by atoms with Crippen LogP contribution in [0.4, 0.5) is 5.69 Å². The summed E-state index contributed by atoms with van der Waals surface area (Å²) in [5, 5.41) is 3.34. The first-order valence-electron chi connectivity index (χ1n) is 7.25. The highest BCUT2D eigenvalue weighted by atomic mass is 32.2. The van der Waals surface area contributed by atoms with Crippen LogP contribution >= 0.6 is 0 Å². The first-order valence-corrected chi connectivity index (χ1v) is 9.31. The van der Waals surface area contributed by atoms with Gasteiger partial charge in [-0.15, -0.1) is 0 Å². The van der Waals surface area contributed by atoms with Gasteiger partial charge in [-0.25, -0.2) is 8.42 Å². The molecule has 0 saturated carbocycles. The molecule has 2 heterocycles. The number of carbonyl (C=O) groups excluding carboxylic acids is 1. The summed E-state index contributed by atoms with van der Waals surface area (Å²) in [4.78, 5) is 17.4. The van der Waals surface area contributed by atoms with Crippen LogP contribution in [0.1, 0.15) is 23.2 Å². The first-order chi connectivity index (χ1) is 10.3. The Balaban J connectivity index is 1.87. The zero-order chi connectivity index (χ0) is 16.2. The van der Waals surface area contributed by atoms with Crippen LogP contribution in [0.2, 0.25) is 0 Å². The molecule has 1 aromatic heterocycles. The second-order valence-electron chi connectivity index (χ2n) is 5.68. The van der Waals surface area contributed by atoms with Gasteiger partial charge in [0, 0.05) is 44.3 Å². The topological polar surface area (TPSA) is 105 Å². The van der Waals surface area contributed by atoms with Gasteiger partial charge in [-0.2, -0.15) is 0 Å². The van der Waals surface area contributed by atoms with Crippen molar-refractivity contribution in [3.05, 3.63) is 24.0 Å². The van der Waals surface area contributed by atoms with E-state index in [0.29, 0.717) is 17.8 Å². The molecule has 1 aromatic rings. The molecule has 0 aliphatic carbocycles. The number of carbonyl (C=O) groups is 1. The van der Waals surface area contributed by atoms with Crippen molar-refractivity contribution in [2.75, 3.05) is 37.0 Å². The number of nitrogens with zero attached hydrogens (tertiary/aromatic N) is 2. The summed E-state index contributed by atoms with van der Waals surface area (Å²) in [5.41, 5.74) is 6.43. The molecule has 3 N–H and O–H groups in total. The molecule has 0 unspecified atom stereocenters. The van der Waals surface area contributed by atoms with E-state index < -0.39 is 15.7 Å². The number of nitrogens with two attached hydrogens (primary N) is 1. The molecule has 1 amide bonds. The average molecular weight is 326 g/mol. The van der Waals surface area contributed by atoms with Gasteiger partial charge in [0.15, 0.2) is 0 Å². The lowest BCUT2D eigenvalue weighted by molar-refractivity contribution is 0.100. The van der Waals surface area contributed by atoms with Gasteiger partial charge in [-0.05, 0) is 18.9 Å². The highest BCUT2D eigenvalue weighted by molar-refractivity contribution is 7.90. The summed E-state index contributed by atoms with van der Waals surface area (Å²) in [6.07, 6.45) is 6.13. The maximum atomic E-state index is 11.4. The minimum atomic E-state index is -2.92. The normalized spacial score (nSPS) is 17.3. The number of rotatable bonds is 6. The number of amides is 1. The average Bonchev–Trinajstić information content (AvgIpc) is 2.46. The smallest absolute Gasteiger partial charge is 0.252 e. The lowest BCUT2D eigenvalue weighted by Gasteiger charge is -2.32. The summed E-state index contributed by atoms with van der Waals surface area (Å²) >= 11 is 0. The summed E-state index contributed by atoms with van der Waals surface area (Å²) < 4.78 is 22.4. The number of aromatic nitrogens is 1. The van der Waals surface area contributed by atoms with E-state index in [4.69, 9.17) is 5.73 Å². The fourth-order valence-electron chi connectivity index (χ4n) is 2.53. The molecular formula is C14H22N4O3S. The Morgan fingerprint density at radius 2 is 2.14 bits per heavy atom. The standard InChI is InChI=1S/C14H22N4O3S/c1-22(20,21)9-8-18-6-3-11(4-7-18)17-13-2-5-16-10-12(13)14(15)19/h2,5,10-11H,3-4,6-9H2,1H3,(H2,15,19)(H,16,17). The second-order valence-corrected chi connectivity index (χ2v) is 7.94. The number of hydrogen-bond acceptors (Lipinski definition) is 6. The van der Waals surface area contributed by atoms with Crippen molar-refractivity contribution < 1.29 is 13.2 Å². The number of hydrogen-bond donors (Lipinski definition) is 2. The number of sulfone groups is 1. The van der Waals surface area contributed by atoms with Gasteiger partial charge in [-0.1, -0.05) is 0 Å². The largest absolute Gasteiger partial charge is 0.381 e. The van der Waals surface area contributed by atoms with Crippen molar-refractivity contribution in [2.24, 2.45) is 5.73 Å². The Labute approximate surface area is 130 Å². The Hall–Kier alpha value is -1.67. The first kappa shape index (κ1) is 16.7. The highest BCUT2D eigenvalue weighted by Gasteiger charge is 2.21. The van der Waals surface area contributed by atoms with Gasteiger partial charge >= 0.3 is 0 Å². The molecule has 7 nitrogen and oxygen atoms in total. The van der Waals surface area contributed by atoms with Gasteiger partial charge in [0.2, 0.25) is 0 Å². The van der Waals surface area contributed by atoms with Crippen molar-refractivity contribution in [2.45, 2.75) is 18.9 Å². The molecule has 1 saturated heterocycles. The molecule has 1 aliphatic rings. The van der Waals surface area contributed by atoms with E-state index in [-0.39, 0.29) is 11.8 Å². The zero-order valence-electron chi connectivity index (χ0n) is 12.7. The lowest BCUT2D eigenvalue weighted by atomic mass is 10.0. The maximum Gasteiger partial charge on any atom is 0.252 e. The monoisotopic (exact) mass is 326 g/mol. The molecule has 0 radical (unpaired) electrons. The van der Waals surface area contributed by atoms with Crippen LogP contribution in [0, 0.1) is 0 Å². The van der Waals surface area contributed by atoms with E-state index in [1.165, 1.54) is 12.5 Å². The molecule has 0 bridgehead atoms. The molecule has 0 atom stereocenters. The number of nitrogens with one attached hydrogen (secondary N) is 1. The molecule has 8 heteroatoms. The molecule has 2 rings (SSSR count). The van der Waals surface area contributed by atoms with E-state index in [0.717, 1.165) is 25.9 Å². The predicted octanol–water partition coefficient (Wildman–Crippen LogP) is 0.101. The Morgan fingerprint density at radius 1 is 1.45 bits per heavy atom. The summed E-state index contributed by atoms with van der Waals surface area (Å²) in [5.74, 6) is -0.303. The summed E-state index contributed by atoms with van der Waals surface area (Å²) in [6.45, 7) is 2.25. The Kier molecular flexibility index (Phi) is 5.36. The minimum Gasteiger partial charge on any atom is -0.381 e. The Bertz CT molecular complexity index is 625. The van der Waals surface area contributed by atoms with E-state index >= 15 is 0 Å². The third-order valence-electron chi connectivity index (χ3n) is 3.81.